The van der Waals surface area contributed by atoms with Gasteiger partial charge in [0.15, 0.2) is 0 Å². The molecule has 0 radical (unpaired) electrons. The number of furan rings is 2. The van der Waals surface area contributed by atoms with Gasteiger partial charge in [0.2, 0.25) is 0 Å². The molecule has 0 aliphatic carbocycles. The standard InChI is InChI=1S/C52H33NO2/c1-2-12-36-31-37(26-25-34(36)11-1)35-27-29-40(30-28-35)53(41-15-7-13-38(32-41)43-19-10-24-50-51(43)47-18-4-6-23-49(47)54-50)42-16-8-14-39(33-42)44-20-9-21-46-45-17-3-5-22-48(45)55-52(44)46/h1-33H. The van der Waals surface area contributed by atoms with E-state index >= 15 is 0 Å². The van der Waals surface area contributed by atoms with Crippen molar-refractivity contribution in [1.82, 2.24) is 0 Å². The first-order valence-electron chi connectivity index (χ1n) is 18.7. The Hall–Kier alpha value is -7.36. The van der Waals surface area contributed by atoms with Crippen LogP contribution < -0.4 is 4.90 Å². The number of benzene rings is 9. The van der Waals surface area contributed by atoms with Crippen LogP contribution >= 0.6 is 0 Å². The van der Waals surface area contributed by atoms with Crippen molar-refractivity contribution in [2.45, 2.75) is 0 Å². The van der Waals surface area contributed by atoms with Crippen molar-refractivity contribution in [2.75, 3.05) is 4.90 Å². The average Bonchev–Trinajstić information content (AvgIpc) is 3.83. The molecule has 0 aliphatic heterocycles. The predicted molar refractivity (Wildman–Crippen MR) is 229 cm³/mol. The maximum absolute atomic E-state index is 6.49. The predicted octanol–water partition coefficient (Wildman–Crippen LogP) is 15.1. The van der Waals surface area contributed by atoms with Gasteiger partial charge >= 0.3 is 0 Å². The van der Waals surface area contributed by atoms with E-state index in [2.05, 4.69) is 181 Å². The van der Waals surface area contributed by atoms with Gasteiger partial charge in [-0.2, -0.15) is 0 Å². The van der Waals surface area contributed by atoms with Crippen molar-refractivity contribution in [3.05, 3.63) is 200 Å². The van der Waals surface area contributed by atoms with Crippen molar-refractivity contribution in [3.63, 3.8) is 0 Å². The van der Waals surface area contributed by atoms with Crippen LogP contribution in [0.15, 0.2) is 209 Å². The molecule has 0 unspecified atom stereocenters. The summed E-state index contributed by atoms with van der Waals surface area (Å²) in [7, 11) is 0. The number of fused-ring (bicyclic) bond motifs is 7. The second-order valence-electron chi connectivity index (χ2n) is 14.1. The molecule has 2 heterocycles. The second kappa shape index (κ2) is 12.6. The van der Waals surface area contributed by atoms with Crippen LogP contribution in [0.2, 0.25) is 0 Å². The number of rotatable bonds is 6. The van der Waals surface area contributed by atoms with Gasteiger partial charge in [-0.25, -0.2) is 0 Å². The summed E-state index contributed by atoms with van der Waals surface area (Å²) in [4.78, 5) is 2.35. The first kappa shape index (κ1) is 31.2. The van der Waals surface area contributed by atoms with E-state index in [1.54, 1.807) is 0 Å². The third kappa shape index (κ3) is 5.28. The Morgan fingerprint density at radius 2 is 0.891 bits per heavy atom. The SMILES string of the molecule is c1cc(-c2cccc3c2oc2ccccc23)cc(N(c2ccc(-c3ccc4ccccc4c3)cc2)c2cccc(-c3cccc4oc5ccccc5c34)c2)c1. The summed E-state index contributed by atoms with van der Waals surface area (Å²) in [5.74, 6) is 0. The summed E-state index contributed by atoms with van der Waals surface area (Å²) in [5.41, 5.74) is 13.5. The maximum Gasteiger partial charge on any atom is 0.143 e. The average molecular weight is 704 g/mol. The summed E-state index contributed by atoms with van der Waals surface area (Å²) in [6.07, 6.45) is 0. The topological polar surface area (TPSA) is 29.5 Å². The van der Waals surface area contributed by atoms with Gasteiger partial charge in [0.25, 0.3) is 0 Å². The highest BCUT2D eigenvalue weighted by molar-refractivity contribution is 6.13. The second-order valence-corrected chi connectivity index (χ2v) is 14.1. The van der Waals surface area contributed by atoms with Crippen molar-refractivity contribution in [1.29, 1.82) is 0 Å². The zero-order valence-corrected chi connectivity index (χ0v) is 29.8. The van der Waals surface area contributed by atoms with Gasteiger partial charge in [-0.15, -0.1) is 0 Å². The fraction of sp³-hybridized carbons (Fsp3) is 0. The van der Waals surface area contributed by atoms with Gasteiger partial charge in [0.05, 0.1) is 0 Å². The molecular weight excluding hydrogens is 671 g/mol. The molecule has 3 nitrogen and oxygen atoms in total. The molecule has 11 aromatic rings. The van der Waals surface area contributed by atoms with Gasteiger partial charge < -0.3 is 13.7 Å². The molecule has 3 heteroatoms. The van der Waals surface area contributed by atoms with Crippen LogP contribution in [0.5, 0.6) is 0 Å². The van der Waals surface area contributed by atoms with Gasteiger partial charge in [0, 0.05) is 44.2 Å². The Bertz CT molecular complexity index is 3220. The van der Waals surface area contributed by atoms with Crippen LogP contribution in [0.1, 0.15) is 0 Å². The number of hydrogen-bond acceptors (Lipinski definition) is 3. The highest BCUT2D eigenvalue weighted by Crippen LogP contribution is 2.43. The first-order chi connectivity index (χ1) is 27.2. The van der Waals surface area contributed by atoms with Crippen molar-refractivity contribution < 1.29 is 8.83 Å². The minimum Gasteiger partial charge on any atom is -0.456 e. The molecule has 258 valence electrons. The quantitative estimate of drug-likeness (QED) is 0.173. The van der Waals surface area contributed by atoms with Gasteiger partial charge in [0.1, 0.15) is 22.3 Å². The lowest BCUT2D eigenvalue weighted by molar-refractivity contribution is 0.669. The van der Waals surface area contributed by atoms with Crippen LogP contribution in [0.4, 0.5) is 17.1 Å². The highest BCUT2D eigenvalue weighted by atomic mass is 16.3. The summed E-state index contributed by atoms with van der Waals surface area (Å²) in [6.45, 7) is 0. The van der Waals surface area contributed by atoms with Crippen molar-refractivity contribution >= 4 is 71.7 Å². The number of anilines is 3. The van der Waals surface area contributed by atoms with E-state index in [0.29, 0.717) is 0 Å². The lowest BCUT2D eigenvalue weighted by atomic mass is 9.98. The Balaban J connectivity index is 1.07. The fourth-order valence-electron chi connectivity index (χ4n) is 8.23. The highest BCUT2D eigenvalue weighted by Gasteiger charge is 2.18. The molecule has 2 aromatic heterocycles. The van der Waals surface area contributed by atoms with E-state index in [1.807, 2.05) is 24.3 Å². The summed E-state index contributed by atoms with van der Waals surface area (Å²) < 4.78 is 12.8. The van der Waals surface area contributed by atoms with Crippen LogP contribution in [0.3, 0.4) is 0 Å². The molecule has 0 amide bonds. The maximum atomic E-state index is 6.49. The molecule has 0 aliphatic rings. The van der Waals surface area contributed by atoms with E-state index in [4.69, 9.17) is 8.83 Å². The Labute approximate surface area is 317 Å². The van der Waals surface area contributed by atoms with Gasteiger partial charge in [-0.05, 0) is 99.3 Å². The smallest absolute Gasteiger partial charge is 0.143 e. The van der Waals surface area contributed by atoms with E-state index in [-0.39, 0.29) is 0 Å². The molecule has 9 aromatic carbocycles. The van der Waals surface area contributed by atoms with Crippen molar-refractivity contribution in [3.8, 4) is 33.4 Å². The largest absolute Gasteiger partial charge is 0.456 e. The minimum absolute atomic E-state index is 0.887. The summed E-state index contributed by atoms with van der Waals surface area (Å²) in [6, 6.07) is 71.0. The molecule has 0 saturated carbocycles. The lowest BCUT2D eigenvalue weighted by Crippen LogP contribution is -2.10. The third-order valence-corrected chi connectivity index (χ3v) is 10.8. The van der Waals surface area contributed by atoms with E-state index < -0.39 is 0 Å². The Morgan fingerprint density at radius 1 is 0.309 bits per heavy atom. The summed E-state index contributed by atoms with van der Waals surface area (Å²) >= 11 is 0. The lowest BCUT2D eigenvalue weighted by Gasteiger charge is -2.27. The molecule has 0 atom stereocenters. The van der Waals surface area contributed by atoms with Gasteiger partial charge in [-0.1, -0.05) is 140 Å². The van der Waals surface area contributed by atoms with Crippen LogP contribution in [0, 0.1) is 0 Å². The van der Waals surface area contributed by atoms with Crippen LogP contribution in [-0.4, -0.2) is 0 Å². The molecule has 0 spiro atoms. The van der Waals surface area contributed by atoms with Gasteiger partial charge in [-0.3, -0.25) is 0 Å². The Kier molecular flexibility index (Phi) is 7.17. The van der Waals surface area contributed by atoms with E-state index in [1.165, 1.54) is 21.9 Å². The first-order valence-corrected chi connectivity index (χ1v) is 18.7. The zero-order chi connectivity index (χ0) is 36.3. The van der Waals surface area contributed by atoms with E-state index in [9.17, 15) is 0 Å². The number of nitrogens with zero attached hydrogens (tertiary/aromatic N) is 1. The zero-order valence-electron chi connectivity index (χ0n) is 29.8. The van der Waals surface area contributed by atoms with Crippen molar-refractivity contribution in [2.24, 2.45) is 0 Å². The van der Waals surface area contributed by atoms with Crippen LogP contribution in [0.25, 0.3) is 88.0 Å². The third-order valence-electron chi connectivity index (χ3n) is 10.8. The molecule has 0 saturated heterocycles. The minimum atomic E-state index is 0.887. The molecular formula is C52H33NO2. The fourth-order valence-corrected chi connectivity index (χ4v) is 8.23. The summed E-state index contributed by atoms with van der Waals surface area (Å²) in [5, 5.41) is 6.97. The molecule has 0 N–H and O–H groups in total. The molecule has 55 heavy (non-hydrogen) atoms. The normalized spacial score (nSPS) is 11.6. The number of para-hydroxylation sites is 3. The molecule has 11 rings (SSSR count). The monoisotopic (exact) mass is 703 g/mol. The Morgan fingerprint density at radius 3 is 1.69 bits per heavy atom. The van der Waals surface area contributed by atoms with Crippen LogP contribution in [-0.2, 0) is 0 Å². The number of hydrogen-bond donors (Lipinski definition) is 0. The molecule has 0 fully saturated rings. The van der Waals surface area contributed by atoms with E-state index in [0.717, 1.165) is 83.2 Å². The molecule has 0 bridgehead atoms.